The molecule has 0 fully saturated rings. The van der Waals surface area contributed by atoms with Crippen LogP contribution in [-0.2, 0) is 28.5 Å². The topological polar surface area (TPSA) is 112 Å². The van der Waals surface area contributed by atoms with Gasteiger partial charge in [0.25, 0.3) is 0 Å². The molecule has 0 aliphatic heterocycles. The fraction of sp³-hybridized carbons (Fsp3) is 0.875. The molecule has 24 heavy (non-hydrogen) atoms. The molecule has 0 bridgehead atoms. The van der Waals surface area contributed by atoms with Gasteiger partial charge >= 0.3 is 11.9 Å². The third-order valence-corrected chi connectivity index (χ3v) is 2.99. The van der Waals surface area contributed by atoms with Gasteiger partial charge in [0.05, 0.1) is 46.2 Å². The summed E-state index contributed by atoms with van der Waals surface area (Å²) >= 11 is 0. The van der Waals surface area contributed by atoms with Gasteiger partial charge in [-0.3, -0.25) is 9.59 Å². The molecule has 0 saturated heterocycles. The van der Waals surface area contributed by atoms with Crippen molar-refractivity contribution < 1.29 is 38.7 Å². The van der Waals surface area contributed by atoms with Crippen molar-refractivity contribution in [3.05, 3.63) is 0 Å². The van der Waals surface area contributed by atoms with E-state index in [0.29, 0.717) is 58.9 Å². The number of aliphatic hydroxyl groups is 1. The van der Waals surface area contributed by atoms with Crippen molar-refractivity contribution in [3.63, 3.8) is 0 Å². The number of hydrogen-bond donors (Lipinski definition) is 2. The molecule has 0 aromatic carbocycles. The SMILES string of the molecule is O=C(O)CCCCCCC(=O)OCCOCCOCCOCCO. The summed E-state index contributed by atoms with van der Waals surface area (Å²) in [7, 11) is 0. The summed E-state index contributed by atoms with van der Waals surface area (Å²) in [5.74, 6) is -1.04. The van der Waals surface area contributed by atoms with Crippen LogP contribution in [-0.4, -0.2) is 75.0 Å². The molecule has 0 aliphatic carbocycles. The molecule has 0 unspecified atom stereocenters. The van der Waals surface area contributed by atoms with Crippen LogP contribution in [0.25, 0.3) is 0 Å². The summed E-state index contributed by atoms with van der Waals surface area (Å²) < 4.78 is 20.5. The lowest BCUT2D eigenvalue weighted by molar-refractivity contribution is -0.145. The predicted octanol–water partition coefficient (Wildman–Crippen LogP) is 0.997. The number of aliphatic hydroxyl groups excluding tert-OH is 1. The smallest absolute Gasteiger partial charge is 0.305 e. The van der Waals surface area contributed by atoms with E-state index >= 15 is 0 Å². The Balaban J connectivity index is 3.16. The van der Waals surface area contributed by atoms with Gasteiger partial charge in [0.2, 0.25) is 0 Å². The minimum Gasteiger partial charge on any atom is -0.481 e. The zero-order valence-corrected chi connectivity index (χ0v) is 14.2. The van der Waals surface area contributed by atoms with Gasteiger partial charge in [0.1, 0.15) is 6.61 Å². The van der Waals surface area contributed by atoms with Crippen LogP contribution in [0.2, 0.25) is 0 Å². The molecule has 0 aliphatic rings. The summed E-state index contributed by atoms with van der Waals surface area (Å²) in [6.45, 7) is 2.61. The van der Waals surface area contributed by atoms with Gasteiger partial charge < -0.3 is 29.2 Å². The third kappa shape index (κ3) is 18.8. The minimum absolute atomic E-state index is 0.00650. The first-order chi connectivity index (χ1) is 11.7. The Morgan fingerprint density at radius 2 is 1.17 bits per heavy atom. The van der Waals surface area contributed by atoms with E-state index in [1.165, 1.54) is 0 Å². The Hall–Kier alpha value is -1.22. The van der Waals surface area contributed by atoms with Gasteiger partial charge in [-0.25, -0.2) is 0 Å². The molecule has 0 amide bonds. The van der Waals surface area contributed by atoms with Crippen molar-refractivity contribution in [1.29, 1.82) is 0 Å². The van der Waals surface area contributed by atoms with Crippen LogP contribution in [0.3, 0.4) is 0 Å². The number of unbranched alkanes of at least 4 members (excludes halogenated alkanes) is 3. The summed E-state index contributed by atoms with van der Waals surface area (Å²) in [6.07, 6.45) is 3.54. The highest BCUT2D eigenvalue weighted by molar-refractivity contribution is 5.69. The molecule has 8 heteroatoms. The largest absolute Gasteiger partial charge is 0.481 e. The quantitative estimate of drug-likeness (QED) is 0.278. The minimum atomic E-state index is -0.783. The van der Waals surface area contributed by atoms with Crippen molar-refractivity contribution in [1.82, 2.24) is 0 Å². The van der Waals surface area contributed by atoms with E-state index in [2.05, 4.69) is 0 Å². The number of rotatable bonds is 18. The average molecular weight is 350 g/mol. The Bertz CT molecular complexity index is 308. The number of aliphatic carboxylic acids is 1. The van der Waals surface area contributed by atoms with Crippen LogP contribution in [0.4, 0.5) is 0 Å². The van der Waals surface area contributed by atoms with Gasteiger partial charge in [-0.2, -0.15) is 0 Å². The summed E-state index contributed by atoms with van der Waals surface area (Å²) in [4.78, 5) is 21.7. The van der Waals surface area contributed by atoms with E-state index in [9.17, 15) is 9.59 Å². The molecule has 8 nitrogen and oxygen atoms in total. The van der Waals surface area contributed by atoms with E-state index in [-0.39, 0.29) is 25.6 Å². The highest BCUT2D eigenvalue weighted by Gasteiger charge is 2.03. The maximum absolute atomic E-state index is 11.4. The number of esters is 1. The lowest BCUT2D eigenvalue weighted by Gasteiger charge is -2.07. The zero-order chi connectivity index (χ0) is 17.9. The Labute approximate surface area is 143 Å². The van der Waals surface area contributed by atoms with E-state index in [1.807, 2.05) is 0 Å². The highest BCUT2D eigenvalue weighted by atomic mass is 16.6. The predicted molar refractivity (Wildman–Crippen MR) is 85.8 cm³/mol. The van der Waals surface area contributed by atoms with Crippen LogP contribution in [0.1, 0.15) is 38.5 Å². The maximum Gasteiger partial charge on any atom is 0.305 e. The molecular formula is C16H30O8. The fourth-order valence-corrected chi connectivity index (χ4v) is 1.79. The number of carbonyl (C=O) groups excluding carboxylic acids is 1. The molecule has 0 aromatic heterocycles. The van der Waals surface area contributed by atoms with Crippen LogP contribution in [0.15, 0.2) is 0 Å². The molecule has 0 radical (unpaired) electrons. The zero-order valence-electron chi connectivity index (χ0n) is 14.2. The van der Waals surface area contributed by atoms with E-state index in [4.69, 9.17) is 29.2 Å². The molecule has 0 heterocycles. The van der Waals surface area contributed by atoms with Gasteiger partial charge in [0, 0.05) is 12.8 Å². The first-order valence-corrected chi connectivity index (χ1v) is 8.38. The number of carbonyl (C=O) groups is 2. The molecule has 2 N–H and O–H groups in total. The standard InChI is InChI=1S/C16H30O8/c17-7-8-21-9-10-22-11-12-23-13-14-24-16(20)6-4-2-1-3-5-15(18)19/h17H,1-14H2,(H,18,19). The third-order valence-electron chi connectivity index (χ3n) is 2.99. The second kappa shape index (κ2) is 18.1. The maximum atomic E-state index is 11.4. The number of hydrogen-bond acceptors (Lipinski definition) is 7. The van der Waals surface area contributed by atoms with Crippen molar-refractivity contribution in [2.75, 3.05) is 52.9 Å². The first-order valence-electron chi connectivity index (χ1n) is 8.38. The van der Waals surface area contributed by atoms with Crippen LogP contribution in [0, 0.1) is 0 Å². The monoisotopic (exact) mass is 350 g/mol. The van der Waals surface area contributed by atoms with E-state index in [0.717, 1.165) is 12.8 Å². The first kappa shape index (κ1) is 22.8. The van der Waals surface area contributed by atoms with Gasteiger partial charge in [-0.05, 0) is 12.8 Å². The molecule has 0 spiro atoms. The fourth-order valence-electron chi connectivity index (χ4n) is 1.79. The number of carboxylic acids is 1. The molecule has 0 aromatic rings. The Morgan fingerprint density at radius 3 is 1.71 bits per heavy atom. The second-order valence-electron chi connectivity index (χ2n) is 5.09. The van der Waals surface area contributed by atoms with Crippen LogP contribution in [0.5, 0.6) is 0 Å². The van der Waals surface area contributed by atoms with Crippen molar-refractivity contribution in [2.45, 2.75) is 38.5 Å². The number of ether oxygens (including phenoxy) is 4. The van der Waals surface area contributed by atoms with E-state index < -0.39 is 5.97 Å². The van der Waals surface area contributed by atoms with Crippen molar-refractivity contribution in [2.24, 2.45) is 0 Å². The average Bonchev–Trinajstić information content (AvgIpc) is 2.55. The highest BCUT2D eigenvalue weighted by Crippen LogP contribution is 2.06. The molecule has 142 valence electrons. The van der Waals surface area contributed by atoms with Crippen LogP contribution < -0.4 is 0 Å². The van der Waals surface area contributed by atoms with Crippen molar-refractivity contribution in [3.8, 4) is 0 Å². The molecular weight excluding hydrogens is 320 g/mol. The second-order valence-corrected chi connectivity index (χ2v) is 5.09. The Morgan fingerprint density at radius 1 is 0.667 bits per heavy atom. The van der Waals surface area contributed by atoms with Gasteiger partial charge in [0.15, 0.2) is 0 Å². The molecule has 0 saturated carbocycles. The number of carboxylic acid groups (broad SMARTS) is 1. The van der Waals surface area contributed by atoms with Crippen LogP contribution >= 0.6 is 0 Å². The summed E-state index contributed by atoms with van der Waals surface area (Å²) in [5.41, 5.74) is 0. The lowest BCUT2D eigenvalue weighted by atomic mass is 10.1. The van der Waals surface area contributed by atoms with Gasteiger partial charge in [-0.1, -0.05) is 12.8 Å². The molecule has 0 rings (SSSR count). The summed E-state index contributed by atoms with van der Waals surface area (Å²) in [6, 6.07) is 0. The van der Waals surface area contributed by atoms with Crippen molar-refractivity contribution >= 4 is 11.9 Å². The summed E-state index contributed by atoms with van der Waals surface area (Å²) in [5, 5.41) is 17.0. The molecule has 0 atom stereocenters. The lowest BCUT2D eigenvalue weighted by Crippen LogP contribution is -2.14. The van der Waals surface area contributed by atoms with E-state index in [1.54, 1.807) is 0 Å². The Kier molecular flexibility index (Phi) is 17.2. The normalized spacial score (nSPS) is 10.7. The van der Waals surface area contributed by atoms with Gasteiger partial charge in [-0.15, -0.1) is 0 Å².